The molecule has 1 N–H and O–H groups in total. The highest BCUT2D eigenvalue weighted by Gasteiger charge is 2.34. The van der Waals surface area contributed by atoms with Gasteiger partial charge in [-0.05, 0) is 44.1 Å². The maximum absolute atomic E-state index is 13.3. The van der Waals surface area contributed by atoms with E-state index in [1.165, 1.54) is 0 Å². The Labute approximate surface area is 170 Å². The number of hydrogen-bond acceptors (Lipinski definition) is 4. The predicted octanol–water partition coefficient (Wildman–Crippen LogP) is 2.94. The van der Waals surface area contributed by atoms with Crippen molar-refractivity contribution in [1.29, 1.82) is 0 Å². The lowest BCUT2D eigenvalue weighted by atomic mass is 9.97. The molecule has 0 bridgehead atoms. The summed E-state index contributed by atoms with van der Waals surface area (Å²) in [5.74, 6) is -0.0292. The lowest BCUT2D eigenvalue weighted by Gasteiger charge is -2.36. The van der Waals surface area contributed by atoms with Crippen LogP contribution in [0.2, 0.25) is 0 Å². The van der Waals surface area contributed by atoms with E-state index in [1.54, 1.807) is 7.11 Å². The van der Waals surface area contributed by atoms with Crippen molar-refractivity contribution in [2.75, 3.05) is 33.4 Å². The summed E-state index contributed by atoms with van der Waals surface area (Å²) in [4.78, 5) is 27.5. The summed E-state index contributed by atoms with van der Waals surface area (Å²) in [6.07, 6.45) is 10.1. The lowest BCUT2D eigenvalue weighted by molar-refractivity contribution is -0.143. The molecule has 6 nitrogen and oxygen atoms in total. The van der Waals surface area contributed by atoms with Gasteiger partial charge in [0.25, 0.3) is 0 Å². The molecule has 6 heteroatoms. The zero-order chi connectivity index (χ0) is 20.5. The first-order chi connectivity index (χ1) is 13.4. The van der Waals surface area contributed by atoms with Crippen LogP contribution in [0, 0.1) is 11.8 Å². The Morgan fingerprint density at radius 3 is 2.75 bits per heavy atom. The summed E-state index contributed by atoms with van der Waals surface area (Å²) in [6, 6.07) is -0.677. The number of carbonyl (C=O) groups excluding carboxylic acids is 2. The number of allylic oxidation sites excluding steroid dienone is 2. The van der Waals surface area contributed by atoms with Gasteiger partial charge in [-0.25, -0.2) is 0 Å². The number of nitrogens with one attached hydrogen (secondary N) is 1. The molecule has 0 aromatic carbocycles. The van der Waals surface area contributed by atoms with E-state index in [-0.39, 0.29) is 19.2 Å². The van der Waals surface area contributed by atoms with E-state index >= 15 is 0 Å². The van der Waals surface area contributed by atoms with Crippen molar-refractivity contribution in [2.24, 2.45) is 11.8 Å². The number of likely N-dealkylation sites (tertiary alicyclic amines) is 1. The van der Waals surface area contributed by atoms with Crippen LogP contribution >= 0.6 is 0 Å². The standard InChI is InChI=1S/C22H36N2O4.H2/c1-16(2)21(25)23-20(17(3)28-15-18-9-6-5-7-10-18)22(26)24-12-8-11-19(13-24)14-27-4;/h6,9-10,16-17,19-20H,5,7-8,11-15H2,1-4H3,(H,23,25);1H. The maximum atomic E-state index is 13.3. The second kappa shape index (κ2) is 11.4. The smallest absolute Gasteiger partial charge is 0.247 e. The normalized spacial score (nSPS) is 22.0. The summed E-state index contributed by atoms with van der Waals surface area (Å²) < 4.78 is 11.3. The monoisotopic (exact) mass is 394 g/mol. The van der Waals surface area contributed by atoms with Crippen molar-refractivity contribution in [1.82, 2.24) is 10.2 Å². The SMILES string of the molecule is COCC1CCCN(C(=O)C(NC(=O)C(C)C)C(C)OCC2=CCCC=C2)C1.[HH]. The van der Waals surface area contributed by atoms with Crippen LogP contribution in [0.4, 0.5) is 0 Å². The fraction of sp³-hybridized carbons (Fsp3) is 0.727. The summed E-state index contributed by atoms with van der Waals surface area (Å²) in [5.41, 5.74) is 1.12. The summed E-state index contributed by atoms with van der Waals surface area (Å²) in [7, 11) is 1.69. The Morgan fingerprint density at radius 2 is 2.11 bits per heavy atom. The zero-order valence-corrected chi connectivity index (χ0v) is 17.8. The largest absolute Gasteiger partial charge is 0.384 e. The first kappa shape index (κ1) is 22.6. The second-order valence-corrected chi connectivity index (χ2v) is 8.16. The van der Waals surface area contributed by atoms with Gasteiger partial charge in [-0.2, -0.15) is 0 Å². The Hall–Kier alpha value is -1.66. The van der Waals surface area contributed by atoms with E-state index in [0.29, 0.717) is 32.2 Å². The van der Waals surface area contributed by atoms with Gasteiger partial charge < -0.3 is 19.7 Å². The second-order valence-electron chi connectivity index (χ2n) is 8.16. The third-order valence-electron chi connectivity index (χ3n) is 5.38. The van der Waals surface area contributed by atoms with E-state index < -0.39 is 12.1 Å². The molecule has 0 aromatic heterocycles. The highest BCUT2D eigenvalue weighted by molar-refractivity contribution is 5.88. The Balaban J connectivity index is 0.00000420. The van der Waals surface area contributed by atoms with Gasteiger partial charge in [0.15, 0.2) is 0 Å². The average molecular weight is 395 g/mol. The van der Waals surface area contributed by atoms with Crippen LogP contribution in [0.1, 0.15) is 47.9 Å². The summed E-state index contributed by atoms with van der Waals surface area (Å²) in [5, 5.41) is 2.92. The van der Waals surface area contributed by atoms with E-state index in [1.807, 2.05) is 25.7 Å². The van der Waals surface area contributed by atoms with E-state index in [9.17, 15) is 9.59 Å². The number of hydrogen-bond donors (Lipinski definition) is 1. The van der Waals surface area contributed by atoms with Crippen LogP contribution in [0.15, 0.2) is 23.8 Å². The molecule has 0 radical (unpaired) electrons. The number of piperidine rings is 1. The van der Waals surface area contributed by atoms with Gasteiger partial charge >= 0.3 is 0 Å². The van der Waals surface area contributed by atoms with Crippen LogP contribution in [-0.2, 0) is 19.1 Å². The highest BCUT2D eigenvalue weighted by Crippen LogP contribution is 2.19. The number of nitrogens with zero attached hydrogens (tertiary/aromatic N) is 1. The molecule has 1 heterocycles. The number of carbonyl (C=O) groups is 2. The molecular weight excluding hydrogens is 356 g/mol. The Morgan fingerprint density at radius 1 is 1.32 bits per heavy atom. The Bertz CT molecular complexity index is 589. The minimum absolute atomic E-state index is 0. The van der Waals surface area contributed by atoms with Gasteiger partial charge in [-0.3, -0.25) is 9.59 Å². The average Bonchev–Trinajstić information content (AvgIpc) is 2.70. The fourth-order valence-electron chi connectivity index (χ4n) is 3.63. The summed E-state index contributed by atoms with van der Waals surface area (Å²) >= 11 is 0. The van der Waals surface area contributed by atoms with E-state index in [4.69, 9.17) is 9.47 Å². The molecule has 1 saturated heterocycles. The van der Waals surface area contributed by atoms with Crippen molar-refractivity contribution >= 4 is 11.8 Å². The predicted molar refractivity (Wildman–Crippen MR) is 112 cm³/mol. The number of methoxy groups -OCH3 is 1. The molecule has 2 aliphatic rings. The molecule has 1 fully saturated rings. The molecule has 1 aliphatic heterocycles. The van der Waals surface area contributed by atoms with Gasteiger partial charge in [-0.15, -0.1) is 0 Å². The molecule has 160 valence electrons. The van der Waals surface area contributed by atoms with Crippen LogP contribution < -0.4 is 5.32 Å². The zero-order valence-electron chi connectivity index (χ0n) is 17.8. The van der Waals surface area contributed by atoms with Crippen molar-refractivity contribution in [3.05, 3.63) is 23.8 Å². The molecular formula is C22H38N2O4. The van der Waals surface area contributed by atoms with Gasteiger partial charge in [0.05, 0.1) is 19.3 Å². The highest BCUT2D eigenvalue weighted by atomic mass is 16.5. The molecule has 3 atom stereocenters. The van der Waals surface area contributed by atoms with E-state index in [0.717, 1.165) is 31.3 Å². The van der Waals surface area contributed by atoms with Crippen LogP contribution in [-0.4, -0.2) is 62.3 Å². The third-order valence-corrected chi connectivity index (χ3v) is 5.38. The Kier molecular flexibility index (Phi) is 9.19. The quantitative estimate of drug-likeness (QED) is 0.653. The van der Waals surface area contributed by atoms with E-state index in [2.05, 4.69) is 23.5 Å². The lowest BCUT2D eigenvalue weighted by Crippen LogP contribution is -2.57. The molecule has 0 saturated carbocycles. The molecule has 1 aliphatic carbocycles. The third kappa shape index (κ3) is 6.74. The minimum atomic E-state index is -0.677. The van der Waals surface area contributed by atoms with Crippen molar-refractivity contribution in [2.45, 2.75) is 58.6 Å². The minimum Gasteiger partial charge on any atom is -0.384 e. The molecule has 2 rings (SSSR count). The summed E-state index contributed by atoms with van der Waals surface area (Å²) in [6.45, 7) is 8.01. The van der Waals surface area contributed by atoms with Crippen LogP contribution in [0.25, 0.3) is 0 Å². The first-order valence-corrected chi connectivity index (χ1v) is 10.5. The molecule has 3 unspecified atom stereocenters. The fourth-order valence-corrected chi connectivity index (χ4v) is 3.63. The first-order valence-electron chi connectivity index (χ1n) is 10.5. The van der Waals surface area contributed by atoms with Crippen LogP contribution in [0.5, 0.6) is 0 Å². The van der Waals surface area contributed by atoms with Gasteiger partial charge in [0, 0.05) is 27.5 Å². The molecule has 28 heavy (non-hydrogen) atoms. The molecule has 0 aromatic rings. The number of amides is 2. The number of ether oxygens (including phenoxy) is 2. The van der Waals surface area contributed by atoms with Crippen molar-refractivity contribution < 1.29 is 20.5 Å². The van der Waals surface area contributed by atoms with Crippen molar-refractivity contribution in [3.8, 4) is 0 Å². The molecule has 0 spiro atoms. The number of rotatable bonds is 9. The van der Waals surface area contributed by atoms with Gasteiger partial charge in [-0.1, -0.05) is 32.1 Å². The molecule has 2 amide bonds. The van der Waals surface area contributed by atoms with Gasteiger partial charge in [0.2, 0.25) is 11.8 Å². The topological polar surface area (TPSA) is 67.9 Å². The van der Waals surface area contributed by atoms with Crippen molar-refractivity contribution in [3.63, 3.8) is 0 Å². The van der Waals surface area contributed by atoms with Gasteiger partial charge in [0.1, 0.15) is 6.04 Å². The van der Waals surface area contributed by atoms with Crippen LogP contribution in [0.3, 0.4) is 0 Å². The maximum Gasteiger partial charge on any atom is 0.247 e.